The molecule has 9 heteroatoms. The van der Waals surface area contributed by atoms with E-state index in [0.717, 1.165) is 23.7 Å². The molecule has 0 unspecified atom stereocenters. The smallest absolute Gasteiger partial charge is 0.350 e. The van der Waals surface area contributed by atoms with Crippen molar-refractivity contribution >= 4 is 40.6 Å². The Morgan fingerprint density at radius 3 is 2.26 bits per heavy atom. The van der Waals surface area contributed by atoms with Crippen LogP contribution in [-0.2, 0) is 19.1 Å². The second kappa shape index (κ2) is 8.43. The second-order valence-electron chi connectivity index (χ2n) is 7.68. The molecule has 2 aliphatic rings. The number of piperazine rings is 1. The van der Waals surface area contributed by atoms with E-state index in [4.69, 9.17) is 9.47 Å². The minimum Gasteiger partial charge on any atom is -0.419 e. The van der Waals surface area contributed by atoms with Gasteiger partial charge in [0.25, 0.3) is 11.7 Å². The molecule has 0 bridgehead atoms. The van der Waals surface area contributed by atoms with Gasteiger partial charge in [-0.3, -0.25) is 4.79 Å². The molecule has 1 aromatic heterocycles. The summed E-state index contributed by atoms with van der Waals surface area (Å²) in [5, 5.41) is 4.85. The maximum Gasteiger partial charge on any atom is 0.350 e. The summed E-state index contributed by atoms with van der Waals surface area (Å²) in [4.78, 5) is 41.3. The van der Waals surface area contributed by atoms with Gasteiger partial charge in [0.15, 0.2) is 5.57 Å². The quantitative estimate of drug-likeness (QED) is 0.443. The molecular formula is C22H23N3O5S. The Balaban J connectivity index is 1.33. The number of anilines is 2. The second-order valence-corrected chi connectivity index (χ2v) is 8.63. The summed E-state index contributed by atoms with van der Waals surface area (Å²) in [6, 6.07) is 11.4. The summed E-state index contributed by atoms with van der Waals surface area (Å²) in [6.45, 7) is 5.85. The number of nitrogens with zero attached hydrogens (tertiary/aromatic N) is 2. The number of nitrogens with one attached hydrogen (secondary N) is 1. The number of rotatable bonds is 4. The third-order valence-corrected chi connectivity index (χ3v) is 5.89. The van der Waals surface area contributed by atoms with E-state index in [1.54, 1.807) is 0 Å². The van der Waals surface area contributed by atoms with Gasteiger partial charge in [0.2, 0.25) is 0 Å². The Labute approximate surface area is 184 Å². The Kier molecular flexibility index (Phi) is 5.69. The highest BCUT2D eigenvalue weighted by molar-refractivity contribution is 7.12. The molecule has 2 aromatic rings. The van der Waals surface area contributed by atoms with Crippen LogP contribution in [0.2, 0.25) is 0 Å². The van der Waals surface area contributed by atoms with Gasteiger partial charge >= 0.3 is 11.9 Å². The Morgan fingerprint density at radius 1 is 1.03 bits per heavy atom. The number of ether oxygens (including phenoxy) is 2. The normalized spacial score (nSPS) is 18.3. The van der Waals surface area contributed by atoms with E-state index in [2.05, 4.69) is 10.2 Å². The zero-order chi connectivity index (χ0) is 22.0. The molecule has 1 aromatic carbocycles. The Bertz CT molecular complexity index is 984. The van der Waals surface area contributed by atoms with Gasteiger partial charge in [-0.1, -0.05) is 6.07 Å². The largest absolute Gasteiger partial charge is 0.419 e. The van der Waals surface area contributed by atoms with Crippen LogP contribution in [-0.4, -0.2) is 54.7 Å². The van der Waals surface area contributed by atoms with Crippen molar-refractivity contribution in [3.63, 3.8) is 0 Å². The van der Waals surface area contributed by atoms with E-state index in [1.165, 1.54) is 31.4 Å². The molecule has 1 amide bonds. The molecule has 2 aliphatic heterocycles. The molecule has 3 heterocycles. The molecule has 2 saturated heterocycles. The van der Waals surface area contributed by atoms with Gasteiger partial charge in [0.1, 0.15) is 0 Å². The van der Waals surface area contributed by atoms with Crippen LogP contribution in [0.1, 0.15) is 23.5 Å². The highest BCUT2D eigenvalue weighted by Gasteiger charge is 2.38. The Hall–Kier alpha value is -3.33. The molecule has 1 N–H and O–H groups in total. The average molecular weight is 442 g/mol. The van der Waals surface area contributed by atoms with Crippen molar-refractivity contribution < 1.29 is 23.9 Å². The Morgan fingerprint density at radius 2 is 1.68 bits per heavy atom. The molecule has 0 saturated carbocycles. The molecule has 0 atom stereocenters. The van der Waals surface area contributed by atoms with Crippen molar-refractivity contribution in [2.24, 2.45) is 0 Å². The SMILES string of the molecule is CC1(C)OC(=O)C(=CNc2ccc(N3CCN(C(=O)c4cccs4)CC3)cc2)C(=O)O1. The van der Waals surface area contributed by atoms with E-state index < -0.39 is 17.7 Å². The summed E-state index contributed by atoms with van der Waals surface area (Å²) < 4.78 is 10.1. The van der Waals surface area contributed by atoms with Crippen molar-refractivity contribution in [3.8, 4) is 0 Å². The van der Waals surface area contributed by atoms with Gasteiger partial charge in [-0.15, -0.1) is 11.3 Å². The molecule has 162 valence electrons. The molecule has 8 nitrogen and oxygen atoms in total. The standard InChI is InChI=1S/C22H23N3O5S/c1-22(2)29-20(27)17(21(28)30-22)14-23-15-5-7-16(8-6-15)24-9-11-25(12-10-24)19(26)18-4-3-13-31-18/h3-8,13-14,23H,9-12H2,1-2H3. The van der Waals surface area contributed by atoms with Gasteiger partial charge in [-0.05, 0) is 35.7 Å². The summed E-state index contributed by atoms with van der Waals surface area (Å²) >= 11 is 1.46. The van der Waals surface area contributed by atoms with Crippen LogP contribution in [0.25, 0.3) is 0 Å². The average Bonchev–Trinajstić information content (AvgIpc) is 3.27. The minimum atomic E-state index is -1.26. The lowest BCUT2D eigenvalue weighted by molar-refractivity contribution is -0.222. The molecule has 4 rings (SSSR count). The van der Waals surface area contributed by atoms with Crippen LogP contribution in [0.5, 0.6) is 0 Å². The fourth-order valence-corrected chi connectivity index (χ4v) is 4.12. The zero-order valence-corrected chi connectivity index (χ0v) is 18.1. The highest BCUT2D eigenvalue weighted by Crippen LogP contribution is 2.24. The maximum atomic E-state index is 12.5. The number of hydrogen-bond donors (Lipinski definition) is 1. The molecule has 31 heavy (non-hydrogen) atoms. The van der Waals surface area contributed by atoms with Crippen LogP contribution in [0.4, 0.5) is 11.4 Å². The zero-order valence-electron chi connectivity index (χ0n) is 17.3. The fraction of sp³-hybridized carbons (Fsp3) is 0.318. The number of carbonyl (C=O) groups is 3. The summed E-state index contributed by atoms with van der Waals surface area (Å²) in [5.74, 6) is -2.61. The van der Waals surface area contributed by atoms with Crippen molar-refractivity contribution in [3.05, 3.63) is 58.4 Å². The van der Waals surface area contributed by atoms with Crippen molar-refractivity contribution in [1.82, 2.24) is 4.90 Å². The summed E-state index contributed by atoms with van der Waals surface area (Å²) in [7, 11) is 0. The van der Waals surface area contributed by atoms with Gasteiger partial charge in [-0.25, -0.2) is 9.59 Å². The predicted molar refractivity (Wildman–Crippen MR) is 117 cm³/mol. The lowest BCUT2D eigenvalue weighted by Crippen LogP contribution is -2.48. The third kappa shape index (κ3) is 4.72. The van der Waals surface area contributed by atoms with Gasteiger partial charge in [0, 0.05) is 57.6 Å². The predicted octanol–water partition coefficient (Wildman–Crippen LogP) is 2.84. The van der Waals surface area contributed by atoms with E-state index in [-0.39, 0.29) is 11.5 Å². The van der Waals surface area contributed by atoms with E-state index in [9.17, 15) is 14.4 Å². The number of carbonyl (C=O) groups excluding carboxylic acids is 3. The van der Waals surface area contributed by atoms with Gasteiger partial charge in [-0.2, -0.15) is 0 Å². The van der Waals surface area contributed by atoms with Crippen LogP contribution in [0.3, 0.4) is 0 Å². The third-order valence-electron chi connectivity index (χ3n) is 5.03. The van der Waals surface area contributed by atoms with Gasteiger partial charge < -0.3 is 24.6 Å². The number of thiophene rings is 1. The molecule has 0 radical (unpaired) electrons. The van der Waals surface area contributed by atoms with E-state index in [1.807, 2.05) is 46.7 Å². The number of cyclic esters (lactones) is 2. The van der Waals surface area contributed by atoms with E-state index in [0.29, 0.717) is 18.8 Å². The van der Waals surface area contributed by atoms with Crippen LogP contribution < -0.4 is 10.2 Å². The summed E-state index contributed by atoms with van der Waals surface area (Å²) in [6.07, 6.45) is 1.30. The van der Waals surface area contributed by atoms with Crippen LogP contribution in [0.15, 0.2) is 53.6 Å². The van der Waals surface area contributed by atoms with Crippen molar-refractivity contribution in [2.45, 2.75) is 19.6 Å². The topological polar surface area (TPSA) is 88.2 Å². The molecule has 0 aliphatic carbocycles. The number of hydrogen-bond acceptors (Lipinski definition) is 8. The fourth-order valence-electron chi connectivity index (χ4n) is 3.43. The first-order valence-electron chi connectivity index (χ1n) is 9.93. The number of benzene rings is 1. The first-order valence-corrected chi connectivity index (χ1v) is 10.8. The van der Waals surface area contributed by atoms with Gasteiger partial charge in [0.05, 0.1) is 4.88 Å². The molecule has 2 fully saturated rings. The van der Waals surface area contributed by atoms with Crippen molar-refractivity contribution in [1.29, 1.82) is 0 Å². The minimum absolute atomic E-state index is 0.0883. The van der Waals surface area contributed by atoms with Crippen LogP contribution in [0, 0.1) is 0 Å². The maximum absolute atomic E-state index is 12.5. The first kappa shape index (κ1) is 20.9. The number of esters is 2. The summed E-state index contributed by atoms with van der Waals surface area (Å²) in [5.41, 5.74) is 1.57. The molecular weight excluding hydrogens is 418 g/mol. The van der Waals surface area contributed by atoms with Crippen LogP contribution >= 0.6 is 11.3 Å². The number of amides is 1. The lowest BCUT2D eigenvalue weighted by atomic mass is 10.2. The highest BCUT2D eigenvalue weighted by atomic mass is 32.1. The van der Waals surface area contributed by atoms with Crippen molar-refractivity contribution in [2.75, 3.05) is 36.4 Å². The lowest BCUT2D eigenvalue weighted by Gasteiger charge is -2.36. The monoisotopic (exact) mass is 441 g/mol. The first-order chi connectivity index (χ1) is 14.8. The molecule has 0 spiro atoms. The van der Waals surface area contributed by atoms with E-state index >= 15 is 0 Å².